The van der Waals surface area contributed by atoms with Crippen LogP contribution in [0.4, 0.5) is 0 Å². The van der Waals surface area contributed by atoms with E-state index in [1.165, 1.54) is 0 Å². The maximum atomic E-state index is 5.31. The molecular formula is C10H20N4O. The third-order valence-corrected chi connectivity index (χ3v) is 2.22. The first-order valence-corrected chi connectivity index (χ1v) is 5.38. The fraction of sp³-hybridized carbons (Fsp3) is 0.800. The Morgan fingerprint density at radius 3 is 3.00 bits per heavy atom. The summed E-state index contributed by atoms with van der Waals surface area (Å²) in [5.74, 6) is 1.01. The quantitative estimate of drug-likeness (QED) is 0.709. The highest BCUT2D eigenvalue weighted by Crippen LogP contribution is 1.92. The molecule has 5 heteroatoms. The Hall–Kier alpha value is -0.940. The van der Waals surface area contributed by atoms with Gasteiger partial charge in [-0.3, -0.25) is 0 Å². The van der Waals surface area contributed by atoms with E-state index >= 15 is 0 Å². The van der Waals surface area contributed by atoms with E-state index in [-0.39, 0.29) is 0 Å². The predicted molar refractivity (Wildman–Crippen MR) is 58.7 cm³/mol. The van der Waals surface area contributed by atoms with E-state index in [0.717, 1.165) is 32.0 Å². The molecule has 0 amide bonds. The molecule has 0 bridgehead atoms. The minimum absolute atomic E-state index is 0.387. The van der Waals surface area contributed by atoms with E-state index in [0.29, 0.717) is 6.04 Å². The largest absolute Gasteiger partial charge is 0.380 e. The monoisotopic (exact) mass is 212 g/mol. The minimum Gasteiger partial charge on any atom is -0.380 e. The highest BCUT2D eigenvalue weighted by Gasteiger charge is 2.03. The highest BCUT2D eigenvalue weighted by atomic mass is 16.5. The molecule has 0 spiro atoms. The molecule has 0 aliphatic heterocycles. The molecule has 1 unspecified atom stereocenters. The summed E-state index contributed by atoms with van der Waals surface area (Å²) in [5, 5.41) is 11.2. The van der Waals surface area contributed by atoms with Gasteiger partial charge in [-0.25, -0.2) is 0 Å². The van der Waals surface area contributed by atoms with E-state index in [1.54, 1.807) is 6.33 Å². The van der Waals surface area contributed by atoms with Crippen LogP contribution in [0.25, 0.3) is 0 Å². The highest BCUT2D eigenvalue weighted by molar-refractivity contribution is 4.85. The van der Waals surface area contributed by atoms with Crippen LogP contribution in [0, 0.1) is 0 Å². The number of aromatic nitrogens is 3. The molecule has 15 heavy (non-hydrogen) atoms. The van der Waals surface area contributed by atoms with Crippen LogP contribution in [0.3, 0.4) is 0 Å². The summed E-state index contributed by atoms with van der Waals surface area (Å²) >= 11 is 0. The molecule has 0 aliphatic rings. The van der Waals surface area contributed by atoms with Crippen molar-refractivity contribution in [2.75, 3.05) is 19.8 Å². The SMILES string of the molecule is CCOCC(C)NCCc1nncn1C. The number of aryl methyl sites for hydroxylation is 1. The number of hydrogen-bond donors (Lipinski definition) is 1. The van der Waals surface area contributed by atoms with E-state index in [1.807, 2.05) is 18.5 Å². The topological polar surface area (TPSA) is 52.0 Å². The third-order valence-electron chi connectivity index (χ3n) is 2.22. The van der Waals surface area contributed by atoms with E-state index in [4.69, 9.17) is 4.74 Å². The molecule has 0 aromatic carbocycles. The standard InChI is InChI=1S/C10H20N4O/c1-4-15-7-9(2)11-6-5-10-13-12-8-14(10)3/h8-9,11H,4-7H2,1-3H3. The normalized spacial score (nSPS) is 13.0. The van der Waals surface area contributed by atoms with Gasteiger partial charge >= 0.3 is 0 Å². The lowest BCUT2D eigenvalue weighted by Gasteiger charge is -2.12. The Kier molecular flexibility index (Phi) is 5.28. The van der Waals surface area contributed by atoms with Gasteiger partial charge in [-0.2, -0.15) is 0 Å². The van der Waals surface area contributed by atoms with Crippen LogP contribution in [0.1, 0.15) is 19.7 Å². The third kappa shape index (κ3) is 4.40. The van der Waals surface area contributed by atoms with Crippen molar-refractivity contribution in [3.05, 3.63) is 12.2 Å². The van der Waals surface area contributed by atoms with Crippen molar-refractivity contribution >= 4 is 0 Å². The second-order valence-corrected chi connectivity index (χ2v) is 3.62. The van der Waals surface area contributed by atoms with Gasteiger partial charge in [-0.1, -0.05) is 0 Å². The van der Waals surface area contributed by atoms with Crippen molar-refractivity contribution in [2.24, 2.45) is 7.05 Å². The van der Waals surface area contributed by atoms with Gasteiger partial charge in [-0.05, 0) is 13.8 Å². The maximum absolute atomic E-state index is 5.31. The zero-order valence-corrected chi connectivity index (χ0v) is 9.73. The van der Waals surface area contributed by atoms with Gasteiger partial charge < -0.3 is 14.6 Å². The summed E-state index contributed by atoms with van der Waals surface area (Å²) < 4.78 is 7.25. The van der Waals surface area contributed by atoms with Crippen LogP contribution in [0.2, 0.25) is 0 Å². The Morgan fingerprint density at radius 2 is 2.40 bits per heavy atom. The molecule has 1 N–H and O–H groups in total. The fourth-order valence-electron chi connectivity index (χ4n) is 1.32. The number of hydrogen-bond acceptors (Lipinski definition) is 4. The van der Waals surface area contributed by atoms with Gasteiger partial charge in [0.1, 0.15) is 12.2 Å². The summed E-state index contributed by atoms with van der Waals surface area (Å²) in [5.41, 5.74) is 0. The van der Waals surface area contributed by atoms with E-state index < -0.39 is 0 Å². The molecule has 1 aromatic rings. The maximum Gasteiger partial charge on any atom is 0.133 e. The molecule has 0 radical (unpaired) electrons. The second-order valence-electron chi connectivity index (χ2n) is 3.62. The molecule has 1 heterocycles. The summed E-state index contributed by atoms with van der Waals surface area (Å²) in [6, 6.07) is 0.387. The van der Waals surface area contributed by atoms with Gasteiger partial charge in [0, 0.05) is 32.7 Å². The molecule has 1 aromatic heterocycles. The number of ether oxygens (including phenoxy) is 1. The van der Waals surface area contributed by atoms with Gasteiger partial charge in [0.2, 0.25) is 0 Å². The fourth-order valence-corrected chi connectivity index (χ4v) is 1.32. The molecule has 0 fully saturated rings. The number of nitrogens with zero attached hydrogens (tertiary/aromatic N) is 3. The van der Waals surface area contributed by atoms with Gasteiger partial charge in [-0.15, -0.1) is 10.2 Å². The van der Waals surface area contributed by atoms with Crippen molar-refractivity contribution in [2.45, 2.75) is 26.3 Å². The molecule has 5 nitrogen and oxygen atoms in total. The lowest BCUT2D eigenvalue weighted by atomic mass is 10.3. The van der Waals surface area contributed by atoms with Crippen LogP contribution in [0.5, 0.6) is 0 Å². The first-order chi connectivity index (χ1) is 7.24. The summed E-state index contributed by atoms with van der Waals surface area (Å²) in [7, 11) is 1.96. The molecule has 86 valence electrons. The molecule has 1 rings (SSSR count). The smallest absolute Gasteiger partial charge is 0.133 e. The van der Waals surface area contributed by atoms with Crippen LogP contribution in [0.15, 0.2) is 6.33 Å². The van der Waals surface area contributed by atoms with Crippen LogP contribution < -0.4 is 5.32 Å². The molecule has 0 aliphatic carbocycles. The van der Waals surface area contributed by atoms with Gasteiger partial charge in [0.05, 0.1) is 6.61 Å². The van der Waals surface area contributed by atoms with Gasteiger partial charge in [0.25, 0.3) is 0 Å². The summed E-state index contributed by atoms with van der Waals surface area (Å²) in [6.07, 6.45) is 2.62. The summed E-state index contributed by atoms with van der Waals surface area (Å²) in [4.78, 5) is 0. The molecular weight excluding hydrogens is 192 g/mol. The van der Waals surface area contributed by atoms with E-state index in [2.05, 4.69) is 22.4 Å². The Morgan fingerprint density at radius 1 is 1.60 bits per heavy atom. The minimum atomic E-state index is 0.387. The van der Waals surface area contributed by atoms with Crippen LogP contribution in [-0.4, -0.2) is 40.6 Å². The van der Waals surface area contributed by atoms with Crippen molar-refractivity contribution in [1.29, 1.82) is 0 Å². The van der Waals surface area contributed by atoms with Crippen molar-refractivity contribution in [3.63, 3.8) is 0 Å². The first-order valence-electron chi connectivity index (χ1n) is 5.38. The second kappa shape index (κ2) is 6.53. The zero-order chi connectivity index (χ0) is 11.1. The van der Waals surface area contributed by atoms with Crippen LogP contribution in [-0.2, 0) is 18.2 Å². The Bertz CT molecular complexity index is 274. The average molecular weight is 212 g/mol. The molecule has 0 saturated heterocycles. The van der Waals surface area contributed by atoms with Crippen molar-refractivity contribution < 1.29 is 4.74 Å². The Labute approximate surface area is 90.8 Å². The Balaban J connectivity index is 2.13. The lowest BCUT2D eigenvalue weighted by Crippen LogP contribution is -2.32. The predicted octanol–water partition coefficient (Wildman–Crippen LogP) is 0.372. The first kappa shape index (κ1) is 12.1. The molecule has 1 atom stereocenters. The van der Waals surface area contributed by atoms with Crippen molar-refractivity contribution in [3.8, 4) is 0 Å². The lowest BCUT2D eigenvalue weighted by molar-refractivity contribution is 0.127. The number of nitrogens with one attached hydrogen (secondary N) is 1. The summed E-state index contributed by atoms with van der Waals surface area (Å²) in [6.45, 7) is 6.56. The number of rotatable bonds is 7. The molecule has 0 saturated carbocycles. The van der Waals surface area contributed by atoms with E-state index in [9.17, 15) is 0 Å². The van der Waals surface area contributed by atoms with Gasteiger partial charge in [0.15, 0.2) is 0 Å². The van der Waals surface area contributed by atoms with Crippen molar-refractivity contribution in [1.82, 2.24) is 20.1 Å². The average Bonchev–Trinajstić information content (AvgIpc) is 2.61. The van der Waals surface area contributed by atoms with Crippen LogP contribution >= 0.6 is 0 Å². The zero-order valence-electron chi connectivity index (χ0n) is 9.73.